The largest absolute Gasteiger partial charge is 0.445 e. The van der Waals surface area contributed by atoms with E-state index >= 15 is 0 Å². The van der Waals surface area contributed by atoms with Crippen LogP contribution >= 0.6 is 11.6 Å². The molecule has 2 aromatic carbocycles. The van der Waals surface area contributed by atoms with Crippen molar-refractivity contribution >= 4 is 11.6 Å². The first kappa shape index (κ1) is 29.1. The van der Waals surface area contributed by atoms with Crippen LogP contribution in [0.25, 0.3) is 0 Å². The van der Waals surface area contributed by atoms with Gasteiger partial charge in [-0.15, -0.1) is 0 Å². The minimum atomic E-state index is 0.329. The maximum absolute atomic E-state index is 5.84. The third kappa shape index (κ3) is 10.6. The first-order chi connectivity index (χ1) is 17.0. The van der Waals surface area contributed by atoms with Crippen molar-refractivity contribution in [2.75, 3.05) is 27.2 Å². The van der Waals surface area contributed by atoms with Gasteiger partial charge in [-0.1, -0.05) is 87.2 Å². The number of aryl methyl sites for hydroxylation is 1. The van der Waals surface area contributed by atoms with Crippen LogP contribution in [-0.4, -0.2) is 32.2 Å². The molecule has 1 aliphatic rings. The molecule has 3 aromatic rings. The Labute approximate surface area is 217 Å². The van der Waals surface area contributed by atoms with Crippen LogP contribution in [0.15, 0.2) is 65.2 Å². The van der Waals surface area contributed by atoms with Crippen LogP contribution in [0.4, 0.5) is 0 Å². The molecule has 0 bridgehead atoms. The molecule has 0 saturated heterocycles. The summed E-state index contributed by atoms with van der Waals surface area (Å²) in [5.74, 6) is 2.81. The topological polar surface area (TPSA) is 39.7 Å². The van der Waals surface area contributed by atoms with Crippen LogP contribution in [0.1, 0.15) is 74.6 Å². The summed E-state index contributed by atoms with van der Waals surface area (Å²) in [6.45, 7) is 8.47. The van der Waals surface area contributed by atoms with E-state index in [-0.39, 0.29) is 0 Å². The van der Waals surface area contributed by atoms with Gasteiger partial charge in [0.05, 0.1) is 39.4 Å². The summed E-state index contributed by atoms with van der Waals surface area (Å²) in [6, 6.07) is 18.5. The molecule has 1 aromatic heterocycles. The summed E-state index contributed by atoms with van der Waals surface area (Å²) < 4.78 is 11.3. The Bertz CT molecular complexity index is 919. The molecule has 0 aliphatic heterocycles. The average Bonchev–Trinajstić information content (AvgIpc) is 3.31. The fourth-order valence-corrected chi connectivity index (χ4v) is 4.43. The van der Waals surface area contributed by atoms with E-state index in [1.54, 1.807) is 0 Å². The van der Waals surface area contributed by atoms with Crippen molar-refractivity contribution in [1.29, 1.82) is 0 Å². The number of hydrogen-bond acceptors (Lipinski definition) is 3. The second-order valence-corrected chi connectivity index (χ2v) is 9.67. The van der Waals surface area contributed by atoms with E-state index in [1.807, 2.05) is 51.2 Å². The molecule has 1 saturated carbocycles. The van der Waals surface area contributed by atoms with Gasteiger partial charge >= 0.3 is 0 Å². The lowest BCUT2D eigenvalue weighted by molar-refractivity contribution is -0.858. The Morgan fingerprint density at radius 3 is 2.23 bits per heavy atom. The van der Waals surface area contributed by atoms with Gasteiger partial charge in [0.1, 0.15) is 12.3 Å². The number of ether oxygens (including phenoxy) is 1. The summed E-state index contributed by atoms with van der Waals surface area (Å²) in [7, 11) is 4.23. The van der Waals surface area contributed by atoms with Gasteiger partial charge in [-0.2, -0.15) is 0 Å². The van der Waals surface area contributed by atoms with Crippen molar-refractivity contribution in [1.82, 2.24) is 4.98 Å². The smallest absolute Gasteiger partial charge is 0.202 e. The Morgan fingerprint density at radius 1 is 1.00 bits per heavy atom. The first-order valence-corrected chi connectivity index (χ1v) is 13.5. The number of halogens is 1. The zero-order chi connectivity index (χ0) is 25.5. The lowest BCUT2D eigenvalue weighted by Gasteiger charge is -2.28. The van der Waals surface area contributed by atoms with E-state index in [1.165, 1.54) is 48.1 Å². The van der Waals surface area contributed by atoms with Gasteiger partial charge in [-0.25, -0.2) is 4.98 Å². The molecule has 1 aliphatic carbocycles. The maximum atomic E-state index is 5.84. The van der Waals surface area contributed by atoms with Crippen LogP contribution in [0.3, 0.4) is 0 Å². The van der Waals surface area contributed by atoms with Gasteiger partial charge in [0.2, 0.25) is 5.89 Å². The fourth-order valence-electron chi connectivity index (χ4n) is 4.31. The minimum absolute atomic E-state index is 0.329. The van der Waals surface area contributed by atoms with E-state index in [0.717, 1.165) is 29.8 Å². The lowest BCUT2D eigenvalue weighted by Crippen LogP contribution is -3.06. The van der Waals surface area contributed by atoms with Gasteiger partial charge in [-0.05, 0) is 48.9 Å². The van der Waals surface area contributed by atoms with Crippen molar-refractivity contribution < 1.29 is 14.1 Å². The van der Waals surface area contributed by atoms with Gasteiger partial charge in [-0.3, -0.25) is 0 Å². The van der Waals surface area contributed by atoms with Gasteiger partial charge in [0.25, 0.3) is 0 Å². The van der Waals surface area contributed by atoms with E-state index in [4.69, 9.17) is 20.8 Å². The van der Waals surface area contributed by atoms with Crippen molar-refractivity contribution in [2.45, 2.75) is 65.4 Å². The zero-order valence-electron chi connectivity index (χ0n) is 22.2. The molecule has 0 radical (unpaired) electrons. The summed E-state index contributed by atoms with van der Waals surface area (Å²) in [4.78, 5) is 5.90. The summed E-state index contributed by atoms with van der Waals surface area (Å²) in [6.07, 6.45) is 8.49. The van der Waals surface area contributed by atoms with Crippen LogP contribution < -0.4 is 4.90 Å². The van der Waals surface area contributed by atoms with Crippen molar-refractivity contribution in [3.63, 3.8) is 0 Å². The number of hydrogen-bond donors (Lipinski definition) is 1. The monoisotopic (exact) mass is 499 g/mol. The Hall–Kier alpha value is -2.14. The average molecular weight is 500 g/mol. The highest BCUT2D eigenvalue weighted by atomic mass is 35.5. The third-order valence-electron chi connectivity index (χ3n) is 6.11. The molecule has 0 spiro atoms. The van der Waals surface area contributed by atoms with Crippen LogP contribution in [-0.2, 0) is 11.3 Å². The van der Waals surface area contributed by atoms with Gasteiger partial charge < -0.3 is 14.1 Å². The summed E-state index contributed by atoms with van der Waals surface area (Å²) in [5.41, 5.74) is 2.51. The molecule has 1 fully saturated rings. The third-order valence-corrected chi connectivity index (χ3v) is 6.37. The number of oxazole rings is 1. The van der Waals surface area contributed by atoms with E-state index in [0.29, 0.717) is 18.4 Å². The highest BCUT2D eigenvalue weighted by Gasteiger charge is 2.29. The molecule has 1 atom stereocenters. The predicted molar refractivity (Wildman–Crippen MR) is 146 cm³/mol. The van der Waals surface area contributed by atoms with E-state index in [9.17, 15) is 0 Å². The van der Waals surface area contributed by atoms with Crippen LogP contribution in [0.2, 0.25) is 5.02 Å². The van der Waals surface area contributed by atoms with Gasteiger partial charge in [0.15, 0.2) is 0 Å². The van der Waals surface area contributed by atoms with Crippen molar-refractivity contribution in [3.8, 4) is 0 Å². The van der Waals surface area contributed by atoms with Crippen LogP contribution in [0, 0.1) is 12.8 Å². The van der Waals surface area contributed by atoms with Crippen LogP contribution in [0.5, 0.6) is 0 Å². The molecule has 1 heterocycles. The number of benzene rings is 2. The predicted octanol–water partition coefficient (Wildman–Crippen LogP) is 6.72. The molecule has 4 nitrogen and oxygen atoms in total. The number of nitrogens with zero attached hydrogens (tertiary/aromatic N) is 1. The number of quaternary nitrogens is 1. The second kappa shape index (κ2) is 16.5. The van der Waals surface area contributed by atoms with Crippen molar-refractivity contribution in [3.05, 3.63) is 88.6 Å². The van der Waals surface area contributed by atoms with Gasteiger partial charge in [0, 0.05) is 5.02 Å². The van der Waals surface area contributed by atoms with Crippen molar-refractivity contribution in [2.24, 2.45) is 5.92 Å². The molecule has 35 heavy (non-hydrogen) atoms. The SMILES string of the molecule is CC.C[NH+](C)CCOCc1ccc(Cl)cc1.Cc1cnc(C(c2ccccc2)C2CCCCC2)o1. The highest BCUT2D eigenvalue weighted by Crippen LogP contribution is 2.39. The fraction of sp³-hybridized carbons (Fsp3) is 0.500. The Morgan fingerprint density at radius 2 is 1.66 bits per heavy atom. The van der Waals surface area contributed by atoms with E-state index in [2.05, 4.69) is 49.4 Å². The molecule has 4 rings (SSSR count). The molecular formula is C30H44ClN2O2+. The maximum Gasteiger partial charge on any atom is 0.202 e. The normalized spacial score (nSPS) is 14.5. The van der Waals surface area contributed by atoms with E-state index < -0.39 is 0 Å². The summed E-state index contributed by atoms with van der Waals surface area (Å²) >= 11 is 5.77. The molecule has 1 unspecified atom stereocenters. The lowest BCUT2D eigenvalue weighted by atomic mass is 9.77. The minimum Gasteiger partial charge on any atom is -0.445 e. The molecule has 1 N–H and O–H groups in total. The molecule has 0 amide bonds. The Kier molecular flexibility index (Phi) is 13.7. The number of aromatic nitrogens is 1. The first-order valence-electron chi connectivity index (χ1n) is 13.1. The molecule has 192 valence electrons. The Balaban J connectivity index is 0.000000241. The quantitative estimate of drug-likeness (QED) is 0.349. The number of rotatable bonds is 8. The summed E-state index contributed by atoms with van der Waals surface area (Å²) in [5, 5.41) is 0.770. The highest BCUT2D eigenvalue weighted by molar-refractivity contribution is 6.30. The molecular weight excluding hydrogens is 456 g/mol. The number of nitrogens with one attached hydrogen (secondary N) is 1. The second-order valence-electron chi connectivity index (χ2n) is 9.23. The zero-order valence-corrected chi connectivity index (χ0v) is 23.0. The number of likely N-dealkylation sites (N-methyl/N-ethyl adjacent to an activating group) is 1. The standard InChI is InChI=1S/C17H21NO.C11H16ClNO.C2H6/c1-13-12-18-17(19-13)16(14-8-4-2-5-9-14)15-10-6-3-7-11-15;1-13(2)7-8-14-9-10-3-5-11(12)6-4-10;1-2/h2,4-5,8-9,12,15-16H,3,6-7,10-11H2,1H3;3-6H,7-9H2,1-2H3;1-2H3/p+1. The molecule has 5 heteroatoms.